The summed E-state index contributed by atoms with van der Waals surface area (Å²) in [6.45, 7) is 13.8. The monoisotopic (exact) mass is 366 g/mol. The van der Waals surface area contributed by atoms with E-state index in [9.17, 15) is 0 Å². The first-order chi connectivity index (χ1) is 13.0. The number of hydrogen-bond acceptors (Lipinski definition) is 2. The fourth-order valence-electron chi connectivity index (χ4n) is 3.37. The first-order valence-electron chi connectivity index (χ1n) is 9.67. The smallest absolute Gasteiger partial charge is 0.133 e. The zero-order valence-electron chi connectivity index (χ0n) is 17.0. The minimum Gasteiger partial charge on any atom is -0.317 e. The van der Waals surface area contributed by atoms with Gasteiger partial charge in [-0.3, -0.25) is 4.99 Å². The molecule has 1 N–H and O–H groups in total. The molecular formula is C24H31FN2. The van der Waals surface area contributed by atoms with Crippen molar-refractivity contribution in [3.05, 3.63) is 65.0 Å². The number of piperidine rings is 1. The van der Waals surface area contributed by atoms with Gasteiger partial charge in [-0.2, -0.15) is 0 Å². The van der Waals surface area contributed by atoms with Crippen LogP contribution in [0.3, 0.4) is 0 Å². The molecule has 1 saturated heterocycles. The Balaban J connectivity index is 2.45. The van der Waals surface area contributed by atoms with Crippen molar-refractivity contribution in [1.82, 2.24) is 5.32 Å². The lowest BCUT2D eigenvalue weighted by atomic mass is 9.89. The van der Waals surface area contributed by atoms with E-state index in [0.717, 1.165) is 42.6 Å². The van der Waals surface area contributed by atoms with Crippen LogP contribution in [0.1, 0.15) is 51.7 Å². The van der Waals surface area contributed by atoms with Gasteiger partial charge in [-0.15, -0.1) is 0 Å². The average Bonchev–Trinajstić information content (AvgIpc) is 2.65. The zero-order chi connectivity index (χ0) is 19.8. The van der Waals surface area contributed by atoms with E-state index in [4.69, 9.17) is 0 Å². The highest BCUT2D eigenvalue weighted by molar-refractivity contribution is 5.80. The molecule has 1 aromatic rings. The Morgan fingerprint density at radius 1 is 1.19 bits per heavy atom. The Morgan fingerprint density at radius 2 is 1.89 bits per heavy atom. The van der Waals surface area contributed by atoms with Gasteiger partial charge in [0, 0.05) is 11.8 Å². The van der Waals surface area contributed by atoms with Gasteiger partial charge in [0.15, 0.2) is 0 Å². The third kappa shape index (κ3) is 5.86. The van der Waals surface area contributed by atoms with E-state index < -0.39 is 0 Å². The molecule has 1 aromatic carbocycles. The number of aliphatic imine (C=N–C) groups is 1. The molecule has 0 aliphatic carbocycles. The highest BCUT2D eigenvalue weighted by atomic mass is 19.1. The molecule has 0 unspecified atom stereocenters. The Labute approximate surface area is 163 Å². The molecule has 2 rings (SSSR count). The van der Waals surface area contributed by atoms with Gasteiger partial charge in [0.2, 0.25) is 0 Å². The lowest BCUT2D eigenvalue weighted by Crippen LogP contribution is -2.28. The minimum absolute atomic E-state index is 0.232. The summed E-state index contributed by atoms with van der Waals surface area (Å²) < 4.78 is 15.1. The molecular weight excluding hydrogens is 335 g/mol. The molecule has 144 valence electrons. The number of rotatable bonds is 6. The molecule has 1 aliphatic rings. The summed E-state index contributed by atoms with van der Waals surface area (Å²) in [6.07, 6.45) is 11.8. The van der Waals surface area contributed by atoms with Gasteiger partial charge in [0.1, 0.15) is 5.82 Å². The predicted octanol–water partition coefficient (Wildman–Crippen LogP) is 6.49. The summed E-state index contributed by atoms with van der Waals surface area (Å²) >= 11 is 0. The van der Waals surface area contributed by atoms with Crippen molar-refractivity contribution < 1.29 is 4.39 Å². The van der Waals surface area contributed by atoms with Crippen LogP contribution < -0.4 is 5.32 Å². The minimum atomic E-state index is -0.232. The van der Waals surface area contributed by atoms with Gasteiger partial charge in [-0.1, -0.05) is 42.0 Å². The maximum Gasteiger partial charge on any atom is 0.133 e. The second-order valence-corrected chi connectivity index (χ2v) is 7.11. The van der Waals surface area contributed by atoms with Gasteiger partial charge in [-0.05, 0) is 82.8 Å². The molecule has 2 nitrogen and oxygen atoms in total. The first-order valence-corrected chi connectivity index (χ1v) is 9.67. The maximum absolute atomic E-state index is 15.1. The molecule has 0 saturated carbocycles. The van der Waals surface area contributed by atoms with Crippen molar-refractivity contribution in [3.8, 4) is 0 Å². The molecule has 0 bridgehead atoms. The van der Waals surface area contributed by atoms with Gasteiger partial charge < -0.3 is 5.32 Å². The fraction of sp³-hybridized carbons (Fsp3) is 0.375. The number of nitrogens with one attached hydrogen (secondary N) is 1. The van der Waals surface area contributed by atoms with Crippen molar-refractivity contribution in [2.45, 2.75) is 40.5 Å². The second kappa shape index (κ2) is 10.2. The predicted molar refractivity (Wildman–Crippen MR) is 117 cm³/mol. The fourth-order valence-corrected chi connectivity index (χ4v) is 3.37. The van der Waals surface area contributed by atoms with Gasteiger partial charge in [-0.25, -0.2) is 4.39 Å². The Morgan fingerprint density at radius 3 is 2.48 bits per heavy atom. The van der Waals surface area contributed by atoms with Crippen LogP contribution in [-0.4, -0.2) is 19.3 Å². The quantitative estimate of drug-likeness (QED) is 0.452. The Kier molecular flexibility index (Phi) is 7.93. The summed E-state index contributed by atoms with van der Waals surface area (Å²) in [7, 11) is 0. The average molecular weight is 367 g/mol. The zero-order valence-corrected chi connectivity index (χ0v) is 17.0. The maximum atomic E-state index is 15.1. The molecule has 27 heavy (non-hydrogen) atoms. The van der Waals surface area contributed by atoms with Crippen LogP contribution in [0.5, 0.6) is 0 Å². The van der Waals surface area contributed by atoms with Crippen LogP contribution in [0.25, 0.3) is 11.6 Å². The van der Waals surface area contributed by atoms with E-state index in [2.05, 4.69) is 23.8 Å². The second-order valence-electron chi connectivity index (χ2n) is 7.11. The number of nitrogens with zero attached hydrogens (tertiary/aromatic N) is 1. The highest BCUT2D eigenvalue weighted by Crippen LogP contribution is 2.32. The molecule has 3 heteroatoms. The van der Waals surface area contributed by atoms with Gasteiger partial charge >= 0.3 is 0 Å². The van der Waals surface area contributed by atoms with Crippen molar-refractivity contribution >= 4 is 23.6 Å². The van der Waals surface area contributed by atoms with Crippen molar-refractivity contribution in [2.24, 2.45) is 10.9 Å². The molecule has 1 aliphatic heterocycles. The van der Waals surface area contributed by atoms with Crippen LogP contribution in [0.4, 0.5) is 10.1 Å². The molecule has 1 heterocycles. The summed E-state index contributed by atoms with van der Waals surface area (Å²) in [5.41, 5.74) is 5.21. The SMILES string of the molecule is C=C(C)/C=C\C(=C/C)c1cc(F)c(/C=C(\C)C2CCNCC2)c(N=CC)c1. The van der Waals surface area contributed by atoms with E-state index in [0.29, 0.717) is 17.2 Å². The number of allylic oxidation sites excluding steroid dienone is 6. The molecule has 0 spiro atoms. The number of hydrogen-bond donors (Lipinski definition) is 1. The third-order valence-corrected chi connectivity index (χ3v) is 4.92. The summed E-state index contributed by atoms with van der Waals surface area (Å²) in [5, 5.41) is 3.38. The topological polar surface area (TPSA) is 24.4 Å². The first kappa shape index (κ1) is 21.0. The van der Waals surface area contributed by atoms with Crippen molar-refractivity contribution in [3.63, 3.8) is 0 Å². The molecule has 1 fully saturated rings. The lowest BCUT2D eigenvalue weighted by Gasteiger charge is -2.23. The molecule has 0 radical (unpaired) electrons. The summed E-state index contributed by atoms with van der Waals surface area (Å²) in [5.74, 6) is 0.276. The van der Waals surface area contributed by atoms with Crippen LogP contribution >= 0.6 is 0 Å². The standard InChI is InChI=1S/C24H31FN2/c1-6-19(9-8-17(3)4)21-15-23(25)22(24(16-21)27-7-2)14-18(5)20-10-12-26-13-11-20/h6-9,14-16,20,26H,3,10-13H2,1-2,4-5H3/b9-8-,18-14+,19-6+,27-7?. The van der Waals surface area contributed by atoms with Crippen LogP contribution in [0, 0.1) is 11.7 Å². The van der Waals surface area contributed by atoms with Gasteiger partial charge in [0.25, 0.3) is 0 Å². The summed E-state index contributed by atoms with van der Waals surface area (Å²) in [4.78, 5) is 4.45. The van der Waals surface area contributed by atoms with E-state index >= 15 is 4.39 Å². The Hall–Kier alpha value is -2.26. The van der Waals surface area contributed by atoms with E-state index in [-0.39, 0.29) is 5.82 Å². The van der Waals surface area contributed by atoms with Crippen LogP contribution in [-0.2, 0) is 0 Å². The van der Waals surface area contributed by atoms with Crippen LogP contribution in [0.15, 0.2) is 53.1 Å². The number of halogens is 1. The normalized spacial score (nSPS) is 17.2. The molecule has 0 atom stereocenters. The van der Waals surface area contributed by atoms with Crippen molar-refractivity contribution in [2.75, 3.05) is 13.1 Å². The van der Waals surface area contributed by atoms with Crippen molar-refractivity contribution in [1.29, 1.82) is 0 Å². The van der Waals surface area contributed by atoms with Crippen LogP contribution in [0.2, 0.25) is 0 Å². The highest BCUT2D eigenvalue weighted by Gasteiger charge is 2.16. The number of benzene rings is 1. The largest absolute Gasteiger partial charge is 0.317 e. The Bertz CT molecular complexity index is 791. The molecule has 0 amide bonds. The van der Waals surface area contributed by atoms with E-state index in [1.807, 2.05) is 51.1 Å². The molecule has 0 aromatic heterocycles. The lowest BCUT2D eigenvalue weighted by molar-refractivity contribution is 0.421. The van der Waals surface area contributed by atoms with E-state index in [1.165, 1.54) is 5.57 Å². The van der Waals surface area contributed by atoms with E-state index in [1.54, 1.807) is 12.3 Å². The van der Waals surface area contributed by atoms with Gasteiger partial charge in [0.05, 0.1) is 5.69 Å². The summed E-state index contributed by atoms with van der Waals surface area (Å²) in [6, 6.07) is 3.57. The third-order valence-electron chi connectivity index (χ3n) is 4.92.